The van der Waals surface area contributed by atoms with Gasteiger partial charge in [-0.25, -0.2) is 4.68 Å². The molecular formula is C24H27N5O4. The molecule has 0 aliphatic rings. The van der Waals surface area contributed by atoms with Crippen LogP contribution in [0, 0.1) is 5.92 Å². The standard InChI is InChI=1S/C24H27N5O4/c1-17(2)11-12-25-24(31)23(21-10-6-14-33-21)28(15-18-7-5-13-32-18)22(30)16-29-20-9-4-3-8-19(20)26-27-29/h3-10,13-14,17,23H,11-12,15-16H2,1-2H3,(H,25,31). The molecular weight excluding hydrogens is 422 g/mol. The largest absolute Gasteiger partial charge is 0.467 e. The monoisotopic (exact) mass is 449 g/mol. The van der Waals surface area contributed by atoms with E-state index in [9.17, 15) is 9.59 Å². The third-order valence-corrected chi connectivity index (χ3v) is 5.33. The smallest absolute Gasteiger partial charge is 0.250 e. The van der Waals surface area contributed by atoms with Crippen LogP contribution in [-0.2, 0) is 22.7 Å². The molecule has 0 radical (unpaired) electrons. The van der Waals surface area contributed by atoms with Crippen LogP contribution in [0.2, 0.25) is 0 Å². The lowest BCUT2D eigenvalue weighted by molar-refractivity contribution is -0.143. The summed E-state index contributed by atoms with van der Waals surface area (Å²) in [5.74, 6) is 0.740. The van der Waals surface area contributed by atoms with E-state index in [1.165, 1.54) is 22.1 Å². The molecule has 1 atom stereocenters. The minimum atomic E-state index is -0.959. The number of hydrogen-bond donors (Lipinski definition) is 1. The van der Waals surface area contributed by atoms with Gasteiger partial charge in [0.05, 0.1) is 24.6 Å². The Morgan fingerprint density at radius 3 is 2.58 bits per heavy atom. The quantitative estimate of drug-likeness (QED) is 0.397. The molecule has 0 spiro atoms. The Bertz CT molecular complexity index is 1180. The lowest BCUT2D eigenvalue weighted by Gasteiger charge is -2.29. The van der Waals surface area contributed by atoms with Gasteiger partial charge < -0.3 is 19.1 Å². The molecule has 1 N–H and O–H groups in total. The number of aromatic nitrogens is 3. The van der Waals surface area contributed by atoms with Gasteiger partial charge in [-0.15, -0.1) is 5.10 Å². The second-order valence-corrected chi connectivity index (χ2v) is 8.23. The van der Waals surface area contributed by atoms with Crippen molar-refractivity contribution in [3.8, 4) is 0 Å². The zero-order chi connectivity index (χ0) is 23.2. The van der Waals surface area contributed by atoms with E-state index in [2.05, 4.69) is 29.5 Å². The van der Waals surface area contributed by atoms with E-state index in [0.717, 1.165) is 11.9 Å². The van der Waals surface area contributed by atoms with Crippen molar-refractivity contribution in [3.05, 3.63) is 72.6 Å². The van der Waals surface area contributed by atoms with Crippen molar-refractivity contribution < 1.29 is 18.4 Å². The van der Waals surface area contributed by atoms with Crippen molar-refractivity contribution in [1.82, 2.24) is 25.2 Å². The first-order valence-electron chi connectivity index (χ1n) is 10.9. The molecule has 3 aromatic heterocycles. The highest BCUT2D eigenvalue weighted by atomic mass is 16.3. The third kappa shape index (κ3) is 5.31. The number of fused-ring (bicyclic) bond motifs is 1. The van der Waals surface area contributed by atoms with Crippen LogP contribution in [0.3, 0.4) is 0 Å². The zero-order valence-corrected chi connectivity index (χ0v) is 18.7. The van der Waals surface area contributed by atoms with E-state index in [4.69, 9.17) is 8.83 Å². The van der Waals surface area contributed by atoms with Gasteiger partial charge in [-0.3, -0.25) is 9.59 Å². The molecule has 3 heterocycles. The van der Waals surface area contributed by atoms with E-state index in [1.807, 2.05) is 24.3 Å². The van der Waals surface area contributed by atoms with Gasteiger partial charge in [0, 0.05) is 6.54 Å². The molecule has 0 saturated heterocycles. The predicted molar refractivity (Wildman–Crippen MR) is 121 cm³/mol. The first-order valence-corrected chi connectivity index (χ1v) is 10.9. The summed E-state index contributed by atoms with van der Waals surface area (Å²) >= 11 is 0. The van der Waals surface area contributed by atoms with Crippen LogP contribution in [-0.4, -0.2) is 38.3 Å². The van der Waals surface area contributed by atoms with E-state index >= 15 is 0 Å². The fourth-order valence-corrected chi connectivity index (χ4v) is 3.60. The molecule has 0 aliphatic carbocycles. The molecule has 0 aliphatic heterocycles. The predicted octanol–water partition coefficient (Wildman–Crippen LogP) is 3.55. The molecule has 9 nitrogen and oxygen atoms in total. The Balaban J connectivity index is 1.64. The van der Waals surface area contributed by atoms with E-state index in [-0.39, 0.29) is 24.9 Å². The molecule has 33 heavy (non-hydrogen) atoms. The molecule has 1 unspecified atom stereocenters. The van der Waals surface area contributed by atoms with Gasteiger partial charge in [-0.2, -0.15) is 0 Å². The first-order chi connectivity index (χ1) is 16.0. The van der Waals surface area contributed by atoms with Gasteiger partial charge in [-0.05, 0) is 48.7 Å². The van der Waals surface area contributed by atoms with Crippen LogP contribution in [0.4, 0.5) is 0 Å². The van der Waals surface area contributed by atoms with Crippen molar-refractivity contribution in [2.24, 2.45) is 5.92 Å². The van der Waals surface area contributed by atoms with Crippen molar-refractivity contribution in [3.63, 3.8) is 0 Å². The van der Waals surface area contributed by atoms with Gasteiger partial charge in [0.15, 0.2) is 6.04 Å². The molecule has 2 amide bonds. The number of hydrogen-bond acceptors (Lipinski definition) is 6. The number of nitrogens with zero attached hydrogens (tertiary/aromatic N) is 4. The highest BCUT2D eigenvalue weighted by molar-refractivity contribution is 5.88. The maximum Gasteiger partial charge on any atom is 0.250 e. The van der Waals surface area contributed by atoms with Crippen molar-refractivity contribution in [2.75, 3.05) is 6.54 Å². The lowest BCUT2D eigenvalue weighted by Crippen LogP contribution is -2.44. The Morgan fingerprint density at radius 1 is 1.06 bits per heavy atom. The number of para-hydroxylation sites is 1. The fraction of sp³-hybridized carbons (Fsp3) is 0.333. The van der Waals surface area contributed by atoms with Crippen LogP contribution in [0.15, 0.2) is 69.9 Å². The third-order valence-electron chi connectivity index (χ3n) is 5.33. The molecule has 0 bridgehead atoms. The summed E-state index contributed by atoms with van der Waals surface area (Å²) in [7, 11) is 0. The lowest BCUT2D eigenvalue weighted by atomic mass is 10.1. The van der Waals surface area contributed by atoms with Crippen molar-refractivity contribution in [1.29, 1.82) is 0 Å². The Morgan fingerprint density at radius 2 is 1.85 bits per heavy atom. The molecule has 1 aromatic carbocycles. The van der Waals surface area contributed by atoms with Gasteiger partial charge in [0.1, 0.15) is 23.6 Å². The van der Waals surface area contributed by atoms with Crippen LogP contribution in [0.25, 0.3) is 11.0 Å². The number of carbonyl (C=O) groups is 2. The molecule has 9 heteroatoms. The number of carbonyl (C=O) groups excluding carboxylic acids is 2. The van der Waals surface area contributed by atoms with E-state index in [0.29, 0.717) is 29.5 Å². The minimum absolute atomic E-state index is 0.0856. The number of benzene rings is 1. The topological polar surface area (TPSA) is 106 Å². The highest BCUT2D eigenvalue weighted by Crippen LogP contribution is 2.25. The van der Waals surface area contributed by atoms with E-state index in [1.54, 1.807) is 24.3 Å². The van der Waals surface area contributed by atoms with Crippen LogP contribution < -0.4 is 5.32 Å². The molecule has 0 saturated carbocycles. The average Bonchev–Trinajstić information content (AvgIpc) is 3.56. The van der Waals surface area contributed by atoms with Gasteiger partial charge in [0.2, 0.25) is 5.91 Å². The molecule has 0 fully saturated rings. The van der Waals surface area contributed by atoms with Gasteiger partial charge in [0.25, 0.3) is 5.91 Å². The van der Waals surface area contributed by atoms with Gasteiger partial charge >= 0.3 is 0 Å². The normalized spacial score (nSPS) is 12.2. The summed E-state index contributed by atoms with van der Waals surface area (Å²) in [6.07, 6.45) is 3.85. The number of nitrogens with one attached hydrogen (secondary N) is 1. The summed E-state index contributed by atoms with van der Waals surface area (Å²) in [5, 5.41) is 11.2. The SMILES string of the molecule is CC(C)CCNC(=O)C(c1ccco1)N(Cc1ccco1)C(=O)Cn1nnc2ccccc21. The number of rotatable bonds is 10. The average molecular weight is 450 g/mol. The second-order valence-electron chi connectivity index (χ2n) is 8.23. The van der Waals surface area contributed by atoms with Crippen molar-refractivity contribution in [2.45, 2.75) is 39.4 Å². The molecule has 172 valence electrons. The van der Waals surface area contributed by atoms with Crippen LogP contribution >= 0.6 is 0 Å². The van der Waals surface area contributed by atoms with E-state index < -0.39 is 6.04 Å². The second kappa shape index (κ2) is 10.2. The maximum atomic E-state index is 13.6. The summed E-state index contributed by atoms with van der Waals surface area (Å²) in [6.45, 7) is 4.69. The minimum Gasteiger partial charge on any atom is -0.467 e. The summed E-state index contributed by atoms with van der Waals surface area (Å²) in [5.41, 5.74) is 1.43. The fourth-order valence-electron chi connectivity index (χ4n) is 3.60. The Kier molecular flexibility index (Phi) is 6.87. The summed E-state index contributed by atoms with van der Waals surface area (Å²) in [6, 6.07) is 13.3. The highest BCUT2D eigenvalue weighted by Gasteiger charge is 2.34. The molecule has 4 aromatic rings. The van der Waals surface area contributed by atoms with Crippen LogP contribution in [0.1, 0.15) is 37.8 Å². The van der Waals surface area contributed by atoms with Gasteiger partial charge in [-0.1, -0.05) is 31.2 Å². The number of amides is 2. The van der Waals surface area contributed by atoms with Crippen molar-refractivity contribution >= 4 is 22.8 Å². The maximum absolute atomic E-state index is 13.6. The molecule has 4 rings (SSSR count). The summed E-state index contributed by atoms with van der Waals surface area (Å²) < 4.78 is 12.6. The van der Waals surface area contributed by atoms with Crippen LogP contribution in [0.5, 0.6) is 0 Å². The zero-order valence-electron chi connectivity index (χ0n) is 18.7. The first kappa shape index (κ1) is 22.3. The number of furan rings is 2. The Labute approximate surface area is 191 Å². The summed E-state index contributed by atoms with van der Waals surface area (Å²) in [4.78, 5) is 28.3. The Hall–Kier alpha value is -3.88.